The summed E-state index contributed by atoms with van der Waals surface area (Å²) in [4.78, 5) is 30.1. The lowest BCUT2D eigenvalue weighted by Gasteiger charge is -2.26. The van der Waals surface area contributed by atoms with E-state index in [9.17, 15) is 9.59 Å². The predicted molar refractivity (Wildman–Crippen MR) is 184 cm³/mol. The molecule has 0 fully saturated rings. The van der Waals surface area contributed by atoms with Crippen molar-refractivity contribution >= 4 is 17.7 Å². The van der Waals surface area contributed by atoms with Crippen LogP contribution in [-0.2, 0) is 14.3 Å². The number of ether oxygens (including phenoxy) is 1. The van der Waals surface area contributed by atoms with E-state index >= 15 is 0 Å². The minimum Gasteiger partial charge on any atom is -0.464 e. The Kier molecular flexibility index (Phi) is 29.2. The first-order chi connectivity index (χ1) is 20.9. The Morgan fingerprint density at radius 3 is 1.33 bits per heavy atom. The monoisotopic (exact) mass is 609 g/mol. The summed E-state index contributed by atoms with van der Waals surface area (Å²) in [7, 11) is 0. The SMILES string of the molecule is CCCCCCCCCCCCCCCCCCOC(=O)[C@@](N)(CCCN=C(N)N)C(=O)CCCCCCCCCCC. The van der Waals surface area contributed by atoms with Gasteiger partial charge < -0.3 is 21.9 Å². The molecule has 0 radical (unpaired) electrons. The number of esters is 1. The molecule has 0 unspecified atom stereocenters. The lowest BCUT2D eigenvalue weighted by atomic mass is 9.86. The van der Waals surface area contributed by atoms with Gasteiger partial charge in [-0.3, -0.25) is 9.79 Å². The van der Waals surface area contributed by atoms with Crippen molar-refractivity contribution in [3.8, 4) is 0 Å². The number of hydrogen-bond donors (Lipinski definition) is 3. The molecule has 0 amide bonds. The zero-order valence-electron chi connectivity index (χ0n) is 28.6. The number of aliphatic imine (C=N–C) groups is 1. The van der Waals surface area contributed by atoms with Gasteiger partial charge in [-0.05, 0) is 25.7 Å². The number of hydrogen-bond acceptors (Lipinski definition) is 5. The summed E-state index contributed by atoms with van der Waals surface area (Å²) in [5.41, 5.74) is 15.7. The van der Waals surface area contributed by atoms with Crippen LogP contribution in [0, 0.1) is 0 Å². The molecule has 0 rings (SSSR count). The van der Waals surface area contributed by atoms with Gasteiger partial charge >= 0.3 is 5.97 Å². The number of rotatable bonds is 33. The second-order valence-electron chi connectivity index (χ2n) is 12.8. The molecule has 0 aliphatic heterocycles. The first kappa shape index (κ1) is 41.4. The molecule has 0 aliphatic carbocycles. The number of ketones is 1. The average Bonchev–Trinajstić information content (AvgIpc) is 2.99. The molecule has 7 nitrogen and oxygen atoms in total. The highest BCUT2D eigenvalue weighted by Gasteiger charge is 2.42. The van der Waals surface area contributed by atoms with Crippen LogP contribution in [-0.4, -0.2) is 36.4 Å². The van der Waals surface area contributed by atoms with Crippen molar-refractivity contribution in [3.63, 3.8) is 0 Å². The maximum absolute atomic E-state index is 13.1. The Morgan fingerprint density at radius 1 is 0.558 bits per heavy atom. The highest BCUT2D eigenvalue weighted by Crippen LogP contribution is 2.20. The quantitative estimate of drug-likeness (QED) is 0.0224. The second kappa shape index (κ2) is 30.4. The van der Waals surface area contributed by atoms with E-state index in [0.717, 1.165) is 38.5 Å². The molecule has 43 heavy (non-hydrogen) atoms. The molecule has 1 atom stereocenters. The van der Waals surface area contributed by atoms with E-state index in [-0.39, 0.29) is 18.2 Å². The first-order valence-electron chi connectivity index (χ1n) is 18.4. The molecule has 6 N–H and O–H groups in total. The van der Waals surface area contributed by atoms with Gasteiger partial charge in [0.1, 0.15) is 0 Å². The van der Waals surface area contributed by atoms with Gasteiger partial charge in [0.05, 0.1) is 6.61 Å². The molecule has 0 saturated heterocycles. The maximum Gasteiger partial charge on any atom is 0.333 e. The molecule has 0 heterocycles. The Bertz CT molecular complexity index is 681. The van der Waals surface area contributed by atoms with Crippen LogP contribution >= 0.6 is 0 Å². The molecule has 0 spiro atoms. The lowest BCUT2D eigenvalue weighted by molar-refractivity contribution is -0.154. The van der Waals surface area contributed by atoms with Crippen LogP contribution in [0.2, 0.25) is 0 Å². The molecule has 0 aliphatic rings. The van der Waals surface area contributed by atoms with Crippen LogP contribution in [0.15, 0.2) is 4.99 Å². The van der Waals surface area contributed by atoms with E-state index < -0.39 is 11.5 Å². The topological polar surface area (TPSA) is 134 Å². The number of Topliss-reactive ketones (excluding diaryl/α,β-unsaturated/α-hetero) is 1. The van der Waals surface area contributed by atoms with Gasteiger partial charge in [0.25, 0.3) is 0 Å². The number of guanidine groups is 1. The summed E-state index contributed by atoms with van der Waals surface area (Å²) in [5, 5.41) is 0. The number of nitrogens with zero attached hydrogens (tertiary/aromatic N) is 1. The number of nitrogens with two attached hydrogens (primary N) is 3. The molecule has 0 aromatic carbocycles. The predicted octanol–water partition coefficient (Wildman–Crippen LogP) is 9.03. The number of carbonyl (C=O) groups excluding carboxylic acids is 2. The van der Waals surface area contributed by atoms with Crippen LogP contribution in [0.5, 0.6) is 0 Å². The molecular formula is C36H72N4O3. The van der Waals surface area contributed by atoms with Crippen molar-refractivity contribution in [1.82, 2.24) is 0 Å². The van der Waals surface area contributed by atoms with Crippen molar-refractivity contribution in [2.24, 2.45) is 22.2 Å². The summed E-state index contributed by atoms with van der Waals surface area (Å²) in [6.45, 7) is 5.15. The third-order valence-corrected chi connectivity index (χ3v) is 8.62. The summed E-state index contributed by atoms with van der Waals surface area (Å²) in [6, 6.07) is 0. The number of unbranched alkanes of at least 4 members (excludes halogenated alkanes) is 23. The van der Waals surface area contributed by atoms with E-state index in [2.05, 4.69) is 18.8 Å². The van der Waals surface area contributed by atoms with Crippen LogP contribution in [0.4, 0.5) is 0 Å². The molecule has 0 aromatic rings. The highest BCUT2D eigenvalue weighted by molar-refractivity contribution is 6.08. The van der Waals surface area contributed by atoms with Gasteiger partial charge in [0.2, 0.25) is 0 Å². The maximum atomic E-state index is 13.1. The highest BCUT2D eigenvalue weighted by atomic mass is 16.5. The summed E-state index contributed by atoms with van der Waals surface area (Å²) >= 11 is 0. The zero-order chi connectivity index (χ0) is 31.9. The van der Waals surface area contributed by atoms with Gasteiger partial charge in [-0.2, -0.15) is 0 Å². The molecular weight excluding hydrogens is 536 g/mol. The van der Waals surface area contributed by atoms with Gasteiger partial charge in [-0.15, -0.1) is 0 Å². The van der Waals surface area contributed by atoms with Gasteiger partial charge in [0.15, 0.2) is 17.3 Å². The zero-order valence-corrected chi connectivity index (χ0v) is 28.6. The summed E-state index contributed by atoms with van der Waals surface area (Å²) < 4.78 is 5.55. The van der Waals surface area contributed by atoms with E-state index in [1.807, 2.05) is 0 Å². The fourth-order valence-electron chi connectivity index (χ4n) is 5.68. The minimum absolute atomic E-state index is 0.00489. The standard InChI is InChI=1S/C36H72N4O3/c1-3-5-7-9-11-13-14-15-16-17-18-19-21-23-25-27-32-43-34(42)36(39,30-28-31-40-35(37)38)33(41)29-26-24-22-20-12-10-8-6-4-2/h3-32,39H2,1-2H3,(H4,37,38,40)/t36-/m1/s1. The van der Waals surface area contributed by atoms with Gasteiger partial charge in [-0.1, -0.05) is 162 Å². The van der Waals surface area contributed by atoms with Crippen molar-refractivity contribution < 1.29 is 14.3 Å². The first-order valence-corrected chi connectivity index (χ1v) is 18.4. The van der Waals surface area contributed by atoms with Crippen LogP contribution in [0.3, 0.4) is 0 Å². The Morgan fingerprint density at radius 2 is 0.930 bits per heavy atom. The normalized spacial score (nSPS) is 12.6. The third kappa shape index (κ3) is 25.4. The Hall–Kier alpha value is -1.63. The molecule has 0 saturated carbocycles. The van der Waals surface area contributed by atoms with Gasteiger partial charge in [-0.25, -0.2) is 4.79 Å². The molecule has 0 aromatic heterocycles. The second-order valence-corrected chi connectivity index (χ2v) is 12.8. The number of carbonyl (C=O) groups is 2. The molecule has 254 valence electrons. The van der Waals surface area contributed by atoms with Crippen LogP contribution < -0.4 is 17.2 Å². The fraction of sp³-hybridized carbons (Fsp3) is 0.917. The Balaban J connectivity index is 4.13. The summed E-state index contributed by atoms with van der Waals surface area (Å²) in [6.07, 6.45) is 32.1. The minimum atomic E-state index is -1.62. The third-order valence-electron chi connectivity index (χ3n) is 8.62. The van der Waals surface area contributed by atoms with Crippen molar-refractivity contribution in [1.29, 1.82) is 0 Å². The fourth-order valence-corrected chi connectivity index (χ4v) is 5.68. The van der Waals surface area contributed by atoms with Crippen molar-refractivity contribution in [2.75, 3.05) is 13.2 Å². The van der Waals surface area contributed by atoms with E-state index in [4.69, 9.17) is 21.9 Å². The average molecular weight is 609 g/mol. The van der Waals surface area contributed by atoms with Crippen LogP contribution in [0.25, 0.3) is 0 Å². The van der Waals surface area contributed by atoms with Crippen molar-refractivity contribution in [3.05, 3.63) is 0 Å². The van der Waals surface area contributed by atoms with E-state index in [1.54, 1.807) is 0 Å². The molecule has 7 heteroatoms. The van der Waals surface area contributed by atoms with Gasteiger partial charge in [0, 0.05) is 13.0 Å². The lowest BCUT2D eigenvalue weighted by Crippen LogP contribution is -2.56. The van der Waals surface area contributed by atoms with E-state index in [1.165, 1.54) is 122 Å². The van der Waals surface area contributed by atoms with Crippen molar-refractivity contribution in [2.45, 2.75) is 199 Å². The van der Waals surface area contributed by atoms with Crippen LogP contribution in [0.1, 0.15) is 194 Å². The summed E-state index contributed by atoms with van der Waals surface area (Å²) in [5.74, 6) is -0.828. The largest absolute Gasteiger partial charge is 0.464 e. The Labute approximate surface area is 266 Å². The molecule has 0 bridgehead atoms. The smallest absolute Gasteiger partial charge is 0.333 e. The van der Waals surface area contributed by atoms with E-state index in [0.29, 0.717) is 26.0 Å².